The van der Waals surface area contributed by atoms with Crippen LogP contribution < -0.4 is 13.1 Å². The van der Waals surface area contributed by atoms with Gasteiger partial charge in [-0.2, -0.15) is 0 Å². The summed E-state index contributed by atoms with van der Waals surface area (Å²) in [5.41, 5.74) is 0.314. The van der Waals surface area contributed by atoms with E-state index in [0.29, 0.717) is 5.21 Å². The van der Waals surface area contributed by atoms with Crippen LogP contribution in [0.2, 0.25) is 0 Å². The molecule has 4 heteroatoms. The molecule has 0 unspecified atom stereocenters. The molecule has 0 aliphatic carbocycles. The van der Waals surface area contributed by atoms with Crippen molar-refractivity contribution in [1.82, 2.24) is 0 Å². The minimum atomic E-state index is -4.33. The Kier molecular flexibility index (Phi) is 5.83. The molecule has 0 bridgehead atoms. The molecule has 0 nitrogen and oxygen atoms in total. The zero-order valence-corrected chi connectivity index (χ0v) is 18.1. The molecule has 150 valence electrons. The fraction of sp³-hybridized carbons (Fsp3) is 0.0769. The molecule has 4 rings (SSSR count). The average Bonchev–Trinajstić information content (AvgIpc) is 2.79. The Bertz CT molecular complexity index is 977. The van der Waals surface area contributed by atoms with Gasteiger partial charge in [0.2, 0.25) is 0 Å². The summed E-state index contributed by atoms with van der Waals surface area (Å²) in [4.78, 5) is 0. The van der Waals surface area contributed by atoms with E-state index in [1.165, 1.54) is 25.2 Å². The van der Waals surface area contributed by atoms with Crippen LogP contribution in [0.1, 0.15) is 11.1 Å². The summed E-state index contributed by atoms with van der Waals surface area (Å²) in [5, 5.41) is 0.717. The number of hydrogen-bond donors (Lipinski definition) is 0. The van der Waals surface area contributed by atoms with E-state index in [-0.39, 0.29) is 0 Å². The maximum atomic E-state index is 13.1. The van der Waals surface area contributed by atoms with Gasteiger partial charge in [-0.05, 0) is 0 Å². The summed E-state index contributed by atoms with van der Waals surface area (Å²) >= 11 is -2.98. The van der Waals surface area contributed by atoms with Gasteiger partial charge in [0, 0.05) is 0 Å². The van der Waals surface area contributed by atoms with Crippen LogP contribution in [-0.4, -0.2) is 13.6 Å². The van der Waals surface area contributed by atoms with Gasteiger partial charge in [-0.15, -0.1) is 0 Å². The molecule has 0 saturated carbocycles. The van der Waals surface area contributed by atoms with Crippen LogP contribution in [0.4, 0.5) is 13.2 Å². The van der Waals surface area contributed by atoms with E-state index in [4.69, 9.17) is 0 Å². The van der Waals surface area contributed by atoms with Crippen LogP contribution in [0.5, 0.6) is 0 Å². The van der Waals surface area contributed by atoms with Crippen molar-refractivity contribution < 1.29 is 13.2 Å². The van der Waals surface area contributed by atoms with Crippen molar-refractivity contribution in [3.63, 3.8) is 0 Å². The van der Waals surface area contributed by atoms with Crippen LogP contribution in [0.3, 0.4) is 0 Å². The van der Waals surface area contributed by atoms with Crippen molar-refractivity contribution in [2.45, 2.75) is 11.4 Å². The van der Waals surface area contributed by atoms with Gasteiger partial charge in [0.05, 0.1) is 0 Å². The van der Waals surface area contributed by atoms with E-state index in [2.05, 4.69) is 36.4 Å². The monoisotopic (exact) mass is 465 g/mol. The van der Waals surface area contributed by atoms with E-state index in [1.54, 1.807) is 12.1 Å². The van der Waals surface area contributed by atoms with Gasteiger partial charge in [-0.25, -0.2) is 0 Å². The molecule has 0 amide bonds. The summed E-state index contributed by atoms with van der Waals surface area (Å²) < 4.78 is 43.0. The average molecular weight is 465 g/mol. The molecule has 4 aromatic carbocycles. The first-order valence-electron chi connectivity index (χ1n) is 9.71. The molecule has 4 aromatic rings. The zero-order chi connectivity index (χ0) is 21.0. The second kappa shape index (κ2) is 8.53. The SMILES string of the molecule is FC(F)(F)c1ccc(C[As+](c2ccccc2)(c2ccccc2)c2ccccc2)cc1. The third-order valence-electron chi connectivity index (χ3n) is 5.29. The van der Waals surface area contributed by atoms with Crippen molar-refractivity contribution in [1.29, 1.82) is 0 Å². The molecule has 0 atom stereocenters. The summed E-state index contributed by atoms with van der Waals surface area (Å²) in [6, 6.07) is 36.9. The molecular weight excluding hydrogens is 444 g/mol. The van der Waals surface area contributed by atoms with Gasteiger partial charge in [0.25, 0.3) is 0 Å². The molecule has 0 radical (unpaired) electrons. The Labute approximate surface area is 177 Å². The molecule has 0 fully saturated rings. The second-order valence-corrected chi connectivity index (χ2v) is 14.5. The van der Waals surface area contributed by atoms with Crippen LogP contribution >= 0.6 is 0 Å². The fourth-order valence-corrected chi connectivity index (χ4v) is 12.7. The zero-order valence-electron chi connectivity index (χ0n) is 16.3. The normalized spacial score (nSPS) is 12.0. The van der Waals surface area contributed by atoms with Gasteiger partial charge in [-0.3, -0.25) is 0 Å². The quantitative estimate of drug-likeness (QED) is 0.366. The third-order valence-corrected chi connectivity index (χ3v) is 14.5. The van der Waals surface area contributed by atoms with Gasteiger partial charge in [0.1, 0.15) is 0 Å². The number of rotatable bonds is 5. The van der Waals surface area contributed by atoms with Crippen LogP contribution in [0.25, 0.3) is 0 Å². The fourth-order valence-electron chi connectivity index (χ4n) is 3.84. The summed E-state index contributed by atoms with van der Waals surface area (Å²) in [7, 11) is 0. The topological polar surface area (TPSA) is 0 Å². The number of halogens is 3. The third kappa shape index (κ3) is 4.08. The van der Waals surface area contributed by atoms with Gasteiger partial charge in [-0.1, -0.05) is 0 Å². The van der Waals surface area contributed by atoms with Gasteiger partial charge in [0.15, 0.2) is 0 Å². The standard InChI is InChI=1S/C26H21AsF3/c28-26(29,30)22-18-16-21(17-19-22)20-27(23-10-4-1-5-11-23,24-12-6-2-7-13-24)25-14-8-3-9-15-25/h1-19H,20H2/q+1. The van der Waals surface area contributed by atoms with Gasteiger partial charge < -0.3 is 0 Å². The van der Waals surface area contributed by atoms with Crippen LogP contribution in [0, 0.1) is 0 Å². The Morgan fingerprint density at radius 3 is 1.20 bits per heavy atom. The van der Waals surface area contributed by atoms with Gasteiger partial charge >= 0.3 is 178 Å². The first-order chi connectivity index (χ1) is 14.5. The van der Waals surface area contributed by atoms with E-state index in [9.17, 15) is 13.2 Å². The number of benzene rings is 4. The Morgan fingerprint density at radius 1 is 0.500 bits per heavy atom. The molecule has 30 heavy (non-hydrogen) atoms. The minimum absolute atomic E-state index is 0.610. The van der Waals surface area contributed by atoms with E-state index < -0.39 is 25.3 Å². The number of alkyl halides is 3. The Morgan fingerprint density at radius 2 is 0.867 bits per heavy atom. The van der Waals surface area contributed by atoms with Crippen molar-refractivity contribution in [3.8, 4) is 0 Å². The molecule has 0 spiro atoms. The number of hydrogen-bond acceptors (Lipinski definition) is 0. The van der Waals surface area contributed by atoms with Crippen molar-refractivity contribution in [2.75, 3.05) is 0 Å². The molecule has 0 N–H and O–H groups in total. The van der Waals surface area contributed by atoms with E-state index in [1.807, 2.05) is 54.6 Å². The molecule has 0 aliphatic rings. The van der Waals surface area contributed by atoms with E-state index in [0.717, 1.165) is 5.56 Å². The van der Waals surface area contributed by atoms with E-state index >= 15 is 0 Å². The molecule has 0 aromatic heterocycles. The van der Waals surface area contributed by atoms with Crippen molar-refractivity contribution in [2.24, 2.45) is 0 Å². The molecule has 0 heterocycles. The Balaban J connectivity index is 1.91. The summed E-state index contributed by atoms with van der Waals surface area (Å²) in [5.74, 6) is 0. The summed E-state index contributed by atoms with van der Waals surface area (Å²) in [6.07, 6.45) is -4.33. The summed E-state index contributed by atoms with van der Waals surface area (Å²) in [6.45, 7) is 0. The van der Waals surface area contributed by atoms with Crippen LogP contribution in [0.15, 0.2) is 115 Å². The predicted molar refractivity (Wildman–Crippen MR) is 119 cm³/mol. The first-order valence-corrected chi connectivity index (χ1v) is 13.9. The van der Waals surface area contributed by atoms with Crippen molar-refractivity contribution in [3.05, 3.63) is 126 Å². The Hall–Kier alpha value is -2.77. The predicted octanol–water partition coefficient (Wildman–Crippen LogP) is 4.96. The molecule has 0 saturated heterocycles. The van der Waals surface area contributed by atoms with Crippen molar-refractivity contribution >= 4 is 26.6 Å². The molecule has 0 aliphatic heterocycles. The maximum absolute atomic E-state index is 13.1. The molecular formula is C26H21AsF3+. The van der Waals surface area contributed by atoms with Crippen LogP contribution in [-0.2, 0) is 11.4 Å². The second-order valence-electron chi connectivity index (χ2n) is 7.17. The first kappa shape index (κ1) is 20.5.